The monoisotopic (exact) mass is 279 g/mol. The summed E-state index contributed by atoms with van der Waals surface area (Å²) < 4.78 is 0. The van der Waals surface area contributed by atoms with Crippen LogP contribution in [0, 0.1) is 13.8 Å². The van der Waals surface area contributed by atoms with Crippen LogP contribution < -0.4 is 21.4 Å². The Hall–Kier alpha value is -2.08. The normalized spacial score (nSPS) is 11.8. The summed E-state index contributed by atoms with van der Waals surface area (Å²) in [5.74, 6) is -0.0781. The summed E-state index contributed by atoms with van der Waals surface area (Å²) in [5, 5.41) is 9.94. The number of nitrogens with one attached hydrogen (secondary N) is 1. The van der Waals surface area contributed by atoms with Gasteiger partial charge in [0.15, 0.2) is 0 Å². The Balaban J connectivity index is 2.89. The number of benzene rings is 1. The minimum Gasteiger partial charge on any atom is -0.388 e. The molecule has 0 spiro atoms. The highest BCUT2D eigenvalue weighted by atomic mass is 16.3. The predicted octanol–water partition coefficient (Wildman–Crippen LogP) is -1.63. The first kappa shape index (κ1) is 16.0. The number of amides is 1. The lowest BCUT2D eigenvalue weighted by atomic mass is 10.1. The fourth-order valence-electron chi connectivity index (χ4n) is 2.02. The van der Waals surface area contributed by atoms with Gasteiger partial charge in [-0.2, -0.15) is 0 Å². The van der Waals surface area contributed by atoms with E-state index in [9.17, 15) is 9.90 Å². The molecular weight excluding hydrogens is 256 g/mol. The second-order valence-corrected chi connectivity index (χ2v) is 4.91. The van der Waals surface area contributed by atoms with Crippen LogP contribution in [0.5, 0.6) is 0 Å². The van der Waals surface area contributed by atoms with Crippen LogP contribution in [0.4, 0.5) is 5.69 Å². The summed E-state index contributed by atoms with van der Waals surface area (Å²) in [4.78, 5) is 16.0. The maximum atomic E-state index is 11.8. The lowest BCUT2D eigenvalue weighted by molar-refractivity contribution is -0.470. The summed E-state index contributed by atoms with van der Waals surface area (Å²) in [7, 11) is 0. The Morgan fingerprint density at radius 3 is 2.55 bits per heavy atom. The van der Waals surface area contributed by atoms with Gasteiger partial charge in [-0.25, -0.2) is 0 Å². The van der Waals surface area contributed by atoms with Gasteiger partial charge in [0.05, 0.1) is 13.1 Å². The smallest absolute Gasteiger partial charge is 0.338 e. The first-order valence-electron chi connectivity index (χ1n) is 6.46. The molecule has 0 bridgehead atoms. The molecule has 1 amide bonds. The molecular formula is C14H23N4O2+. The minimum absolute atomic E-state index is 0.0462. The predicted molar refractivity (Wildman–Crippen MR) is 79.2 cm³/mol. The SMILES string of the molecule is CC(=O)N(CC(O)C[NH+]=C(N)N)c1ccc(C)cc1C. The number of anilines is 1. The Morgan fingerprint density at radius 1 is 1.40 bits per heavy atom. The maximum Gasteiger partial charge on any atom is 0.338 e. The molecule has 0 radical (unpaired) electrons. The van der Waals surface area contributed by atoms with E-state index >= 15 is 0 Å². The molecule has 110 valence electrons. The van der Waals surface area contributed by atoms with Gasteiger partial charge in [-0.3, -0.25) is 21.3 Å². The van der Waals surface area contributed by atoms with Crippen LogP contribution in [0.1, 0.15) is 18.1 Å². The minimum atomic E-state index is -0.762. The van der Waals surface area contributed by atoms with Gasteiger partial charge in [0.2, 0.25) is 5.91 Å². The van der Waals surface area contributed by atoms with E-state index in [2.05, 4.69) is 4.99 Å². The third kappa shape index (κ3) is 4.55. The number of rotatable bonds is 5. The van der Waals surface area contributed by atoms with Gasteiger partial charge in [-0.1, -0.05) is 17.7 Å². The Bertz CT molecular complexity index is 510. The molecule has 1 atom stereocenters. The standard InChI is InChI=1S/C14H22N4O2/c1-9-4-5-13(10(2)6-9)18(11(3)19)8-12(20)7-17-14(15)16/h4-6,12,20H,7-8H2,1-3H3,(H4,15,16,17)/p+1. The lowest BCUT2D eigenvalue weighted by Crippen LogP contribution is -2.80. The molecule has 1 aromatic rings. The molecule has 1 rings (SSSR count). The van der Waals surface area contributed by atoms with Gasteiger partial charge < -0.3 is 10.0 Å². The quantitative estimate of drug-likeness (QED) is 0.383. The van der Waals surface area contributed by atoms with Gasteiger partial charge in [0, 0.05) is 12.6 Å². The molecule has 0 saturated carbocycles. The summed E-state index contributed by atoms with van der Waals surface area (Å²) in [6.45, 7) is 5.78. The van der Waals surface area contributed by atoms with E-state index in [0.717, 1.165) is 16.8 Å². The number of hydrogen-bond donors (Lipinski definition) is 4. The highest BCUT2D eigenvalue weighted by Crippen LogP contribution is 2.21. The van der Waals surface area contributed by atoms with Crippen LogP contribution in [0.25, 0.3) is 0 Å². The van der Waals surface area contributed by atoms with Crippen molar-refractivity contribution in [3.63, 3.8) is 0 Å². The molecule has 0 aliphatic rings. The highest BCUT2D eigenvalue weighted by Gasteiger charge is 2.18. The van der Waals surface area contributed by atoms with Gasteiger partial charge in [-0.15, -0.1) is 0 Å². The van der Waals surface area contributed by atoms with E-state index in [1.54, 1.807) is 4.90 Å². The second kappa shape index (κ2) is 6.91. The molecule has 6 nitrogen and oxygen atoms in total. The van der Waals surface area contributed by atoms with Crippen molar-refractivity contribution < 1.29 is 14.9 Å². The zero-order valence-corrected chi connectivity index (χ0v) is 12.2. The van der Waals surface area contributed by atoms with E-state index < -0.39 is 6.10 Å². The van der Waals surface area contributed by atoms with Crippen molar-refractivity contribution >= 4 is 17.6 Å². The van der Waals surface area contributed by atoms with Crippen molar-refractivity contribution in [1.82, 2.24) is 0 Å². The van der Waals surface area contributed by atoms with Crippen molar-refractivity contribution in [2.75, 3.05) is 18.0 Å². The first-order valence-corrected chi connectivity index (χ1v) is 6.46. The zero-order valence-electron chi connectivity index (χ0n) is 12.2. The van der Waals surface area contributed by atoms with E-state index in [0.29, 0.717) is 0 Å². The molecule has 20 heavy (non-hydrogen) atoms. The van der Waals surface area contributed by atoms with Gasteiger partial charge in [0.25, 0.3) is 0 Å². The summed E-state index contributed by atoms with van der Waals surface area (Å²) in [6, 6.07) is 5.83. The number of guanidine groups is 1. The summed E-state index contributed by atoms with van der Waals surface area (Å²) >= 11 is 0. The number of aliphatic hydroxyl groups excluding tert-OH is 1. The van der Waals surface area contributed by atoms with E-state index in [1.165, 1.54) is 6.92 Å². The molecule has 0 aliphatic carbocycles. The van der Waals surface area contributed by atoms with Gasteiger partial charge in [0.1, 0.15) is 6.10 Å². The van der Waals surface area contributed by atoms with Crippen molar-refractivity contribution in [2.45, 2.75) is 26.9 Å². The fraction of sp³-hybridized carbons (Fsp3) is 0.429. The molecule has 1 unspecified atom stereocenters. The molecule has 0 aliphatic heterocycles. The number of hydrogen-bond acceptors (Lipinski definition) is 2. The van der Waals surface area contributed by atoms with Crippen LogP contribution >= 0.6 is 0 Å². The summed E-state index contributed by atoms with van der Waals surface area (Å²) in [5.41, 5.74) is 13.5. The largest absolute Gasteiger partial charge is 0.388 e. The van der Waals surface area contributed by atoms with Crippen LogP contribution in [-0.4, -0.2) is 36.2 Å². The molecule has 1 aromatic carbocycles. The fourth-order valence-corrected chi connectivity index (χ4v) is 2.02. The van der Waals surface area contributed by atoms with Crippen LogP contribution in [0.15, 0.2) is 18.2 Å². The highest BCUT2D eigenvalue weighted by molar-refractivity contribution is 5.92. The van der Waals surface area contributed by atoms with E-state index in [4.69, 9.17) is 11.5 Å². The van der Waals surface area contributed by atoms with Crippen molar-refractivity contribution in [3.05, 3.63) is 29.3 Å². The molecule has 6 N–H and O–H groups in total. The van der Waals surface area contributed by atoms with Crippen molar-refractivity contribution in [1.29, 1.82) is 0 Å². The Labute approximate surface area is 119 Å². The summed E-state index contributed by atoms with van der Waals surface area (Å²) in [6.07, 6.45) is -0.762. The number of aliphatic hydroxyl groups is 1. The number of carbonyl (C=O) groups excluding carboxylic acids is 1. The number of nitrogens with two attached hydrogens (primary N) is 2. The number of carbonyl (C=O) groups is 1. The number of nitrogens with zero attached hydrogens (tertiary/aromatic N) is 1. The average molecular weight is 279 g/mol. The molecule has 0 saturated heterocycles. The van der Waals surface area contributed by atoms with Crippen LogP contribution in [0.2, 0.25) is 0 Å². The Morgan fingerprint density at radius 2 is 2.05 bits per heavy atom. The number of aryl methyl sites for hydroxylation is 2. The van der Waals surface area contributed by atoms with Crippen LogP contribution in [-0.2, 0) is 4.79 Å². The molecule has 0 aromatic heterocycles. The van der Waals surface area contributed by atoms with E-state index in [-0.39, 0.29) is 25.0 Å². The molecule has 6 heteroatoms. The average Bonchev–Trinajstić information content (AvgIpc) is 2.34. The van der Waals surface area contributed by atoms with Crippen molar-refractivity contribution in [2.24, 2.45) is 11.5 Å². The molecule has 0 fully saturated rings. The zero-order chi connectivity index (χ0) is 15.3. The van der Waals surface area contributed by atoms with E-state index in [1.807, 2.05) is 32.0 Å². The third-order valence-corrected chi connectivity index (χ3v) is 2.96. The maximum absolute atomic E-state index is 11.8. The van der Waals surface area contributed by atoms with Crippen molar-refractivity contribution in [3.8, 4) is 0 Å². The molecule has 0 heterocycles. The lowest BCUT2D eigenvalue weighted by Gasteiger charge is -2.25. The first-order chi connectivity index (χ1) is 9.31. The third-order valence-electron chi connectivity index (χ3n) is 2.96. The second-order valence-electron chi connectivity index (χ2n) is 4.91. The Kier molecular flexibility index (Phi) is 5.52. The van der Waals surface area contributed by atoms with Crippen LogP contribution in [0.3, 0.4) is 0 Å². The van der Waals surface area contributed by atoms with Gasteiger partial charge >= 0.3 is 5.96 Å². The van der Waals surface area contributed by atoms with Gasteiger partial charge in [-0.05, 0) is 25.5 Å². The topological polar surface area (TPSA) is 107 Å².